The van der Waals surface area contributed by atoms with E-state index in [1.807, 2.05) is 11.9 Å². The normalized spacial score (nSPS) is 21.6. The van der Waals surface area contributed by atoms with Crippen LogP contribution in [-0.2, 0) is 19.6 Å². The molecule has 1 saturated heterocycles. The molecule has 1 aliphatic heterocycles. The van der Waals surface area contributed by atoms with Crippen molar-refractivity contribution >= 4 is 15.9 Å². The van der Waals surface area contributed by atoms with Gasteiger partial charge in [0.25, 0.3) is 0 Å². The average molecular weight is 538 g/mol. The van der Waals surface area contributed by atoms with Crippen LogP contribution in [-0.4, -0.2) is 95.1 Å². The lowest BCUT2D eigenvalue weighted by atomic mass is 9.88. The third kappa shape index (κ3) is 8.15. The molecule has 0 spiro atoms. The Labute approximate surface area is 224 Å². The number of carbonyl (C=O) groups is 1. The largest absolute Gasteiger partial charge is 0.497 e. The number of amides is 1. The van der Waals surface area contributed by atoms with Gasteiger partial charge in [0, 0.05) is 33.2 Å². The highest BCUT2D eigenvalue weighted by molar-refractivity contribution is 7.89. The number of nitrogens with zero attached hydrogens (tertiary/aromatic N) is 3. The van der Waals surface area contributed by atoms with Gasteiger partial charge >= 0.3 is 0 Å². The Morgan fingerprint density at radius 3 is 2.30 bits per heavy atom. The van der Waals surface area contributed by atoms with Crippen LogP contribution in [0.1, 0.15) is 62.5 Å². The lowest BCUT2D eigenvalue weighted by Crippen LogP contribution is -2.41. The summed E-state index contributed by atoms with van der Waals surface area (Å²) in [6, 6.07) is 3.70. The lowest BCUT2D eigenvalue weighted by Gasteiger charge is -2.33. The number of aryl methyl sites for hydroxylation is 2. The first-order valence-electron chi connectivity index (χ1n) is 13.8. The minimum atomic E-state index is -3.68. The minimum Gasteiger partial charge on any atom is -0.497 e. The van der Waals surface area contributed by atoms with E-state index in [2.05, 4.69) is 4.90 Å². The topological polar surface area (TPSA) is 79.4 Å². The number of hydrogen-bond donors (Lipinski definition) is 0. The van der Waals surface area contributed by atoms with Crippen LogP contribution in [0.2, 0.25) is 0 Å². The molecule has 2 atom stereocenters. The van der Waals surface area contributed by atoms with Crippen LogP contribution in [0.25, 0.3) is 0 Å². The molecule has 9 heteroatoms. The summed E-state index contributed by atoms with van der Waals surface area (Å²) in [6.07, 6.45) is 9.61. The van der Waals surface area contributed by atoms with Gasteiger partial charge in [-0.05, 0) is 94.6 Å². The van der Waals surface area contributed by atoms with Gasteiger partial charge in [-0.25, -0.2) is 8.42 Å². The molecular weight excluding hydrogens is 490 g/mol. The molecule has 1 heterocycles. The SMILES string of the molecule is COc1cc(C)c(S(=O)(=O)N(C)CCOCC(=O)N(C)C2CCCCC(CN3CCCC3)CC2)c(C)c1. The van der Waals surface area contributed by atoms with Crippen molar-refractivity contribution in [2.45, 2.75) is 76.2 Å². The second-order valence-corrected chi connectivity index (χ2v) is 12.8. The van der Waals surface area contributed by atoms with Crippen LogP contribution in [0.3, 0.4) is 0 Å². The number of sulfonamides is 1. The Hall–Kier alpha value is -1.68. The maximum Gasteiger partial charge on any atom is 0.248 e. The molecule has 1 aromatic carbocycles. The van der Waals surface area contributed by atoms with E-state index in [-0.39, 0.29) is 31.7 Å². The maximum absolute atomic E-state index is 13.2. The van der Waals surface area contributed by atoms with E-state index >= 15 is 0 Å². The van der Waals surface area contributed by atoms with Crippen LogP contribution in [0.4, 0.5) is 0 Å². The Kier molecular flexibility index (Phi) is 11.2. The average Bonchev–Trinajstić information content (AvgIpc) is 3.35. The maximum atomic E-state index is 13.2. The first kappa shape index (κ1) is 29.9. The molecule has 1 aliphatic carbocycles. The van der Waals surface area contributed by atoms with Crippen LogP contribution in [0.15, 0.2) is 17.0 Å². The number of hydrogen-bond acceptors (Lipinski definition) is 6. The summed E-state index contributed by atoms with van der Waals surface area (Å²) in [5, 5.41) is 0. The second kappa shape index (κ2) is 13.9. The van der Waals surface area contributed by atoms with Crippen molar-refractivity contribution in [2.24, 2.45) is 5.92 Å². The molecule has 1 aromatic rings. The molecule has 2 fully saturated rings. The highest BCUT2D eigenvalue weighted by Gasteiger charge is 2.27. The number of ether oxygens (including phenoxy) is 2. The van der Waals surface area contributed by atoms with E-state index in [9.17, 15) is 13.2 Å². The van der Waals surface area contributed by atoms with Crippen molar-refractivity contribution in [3.8, 4) is 5.75 Å². The molecule has 2 aliphatic rings. The molecule has 8 nitrogen and oxygen atoms in total. The van der Waals surface area contributed by atoms with E-state index in [0.717, 1.165) is 25.2 Å². The Balaban J connectivity index is 1.45. The molecular formula is C28H47N3O5S. The number of likely N-dealkylation sites (tertiary alicyclic amines) is 1. The van der Waals surface area contributed by atoms with Gasteiger partial charge in [-0.2, -0.15) is 4.31 Å². The van der Waals surface area contributed by atoms with Gasteiger partial charge in [0.2, 0.25) is 15.9 Å². The predicted octanol–water partition coefficient (Wildman–Crippen LogP) is 3.84. The highest BCUT2D eigenvalue weighted by atomic mass is 32.2. The van der Waals surface area contributed by atoms with Crippen molar-refractivity contribution in [1.82, 2.24) is 14.1 Å². The van der Waals surface area contributed by atoms with E-state index in [0.29, 0.717) is 21.8 Å². The fourth-order valence-electron chi connectivity index (χ4n) is 5.80. The number of rotatable bonds is 11. The Morgan fingerprint density at radius 2 is 1.65 bits per heavy atom. The van der Waals surface area contributed by atoms with E-state index < -0.39 is 10.0 Å². The molecule has 0 radical (unpaired) electrons. The first-order valence-corrected chi connectivity index (χ1v) is 15.2. The Morgan fingerprint density at radius 1 is 1.00 bits per heavy atom. The van der Waals surface area contributed by atoms with Crippen LogP contribution in [0, 0.1) is 19.8 Å². The van der Waals surface area contributed by atoms with Gasteiger partial charge in [0.05, 0.1) is 18.6 Å². The molecule has 37 heavy (non-hydrogen) atoms. The van der Waals surface area contributed by atoms with Gasteiger partial charge < -0.3 is 19.3 Å². The van der Waals surface area contributed by atoms with Gasteiger partial charge in [-0.1, -0.05) is 12.8 Å². The quantitative estimate of drug-likeness (QED) is 0.399. The molecule has 1 saturated carbocycles. The fourth-order valence-corrected chi connectivity index (χ4v) is 7.36. The van der Waals surface area contributed by atoms with Crippen molar-refractivity contribution < 1.29 is 22.7 Å². The van der Waals surface area contributed by atoms with Crippen molar-refractivity contribution in [1.29, 1.82) is 0 Å². The molecule has 0 aromatic heterocycles. The second-order valence-electron chi connectivity index (χ2n) is 10.9. The number of methoxy groups -OCH3 is 1. The minimum absolute atomic E-state index is 0.0291. The fraction of sp³-hybridized carbons (Fsp3) is 0.750. The molecule has 1 amide bonds. The zero-order chi connectivity index (χ0) is 27.0. The van der Waals surface area contributed by atoms with Crippen molar-refractivity contribution in [2.75, 3.05) is 60.6 Å². The van der Waals surface area contributed by atoms with Crippen LogP contribution in [0.5, 0.6) is 5.75 Å². The highest BCUT2D eigenvalue weighted by Crippen LogP contribution is 2.28. The van der Waals surface area contributed by atoms with Crippen LogP contribution < -0.4 is 4.74 Å². The zero-order valence-corrected chi connectivity index (χ0v) is 24.3. The smallest absolute Gasteiger partial charge is 0.248 e. The van der Waals surface area contributed by atoms with Crippen molar-refractivity contribution in [3.63, 3.8) is 0 Å². The summed E-state index contributed by atoms with van der Waals surface area (Å²) < 4.78 is 38.5. The monoisotopic (exact) mass is 537 g/mol. The molecule has 0 bridgehead atoms. The zero-order valence-electron chi connectivity index (χ0n) is 23.5. The summed E-state index contributed by atoms with van der Waals surface area (Å²) in [5.74, 6) is 1.33. The molecule has 3 rings (SSSR count). The van der Waals surface area contributed by atoms with E-state index in [1.54, 1.807) is 40.1 Å². The summed E-state index contributed by atoms with van der Waals surface area (Å²) in [7, 11) is 1.31. The molecule has 210 valence electrons. The molecule has 2 unspecified atom stereocenters. The van der Waals surface area contributed by atoms with Crippen molar-refractivity contribution in [3.05, 3.63) is 23.3 Å². The van der Waals surface area contributed by atoms with Gasteiger partial charge in [-0.15, -0.1) is 0 Å². The number of benzene rings is 1. The van der Waals surface area contributed by atoms with Gasteiger partial charge in [-0.3, -0.25) is 4.79 Å². The first-order chi connectivity index (χ1) is 17.6. The number of carbonyl (C=O) groups excluding carboxylic acids is 1. The molecule has 0 N–H and O–H groups in total. The predicted molar refractivity (Wildman–Crippen MR) is 147 cm³/mol. The summed E-state index contributed by atoms with van der Waals surface area (Å²) in [6.45, 7) is 7.53. The lowest BCUT2D eigenvalue weighted by molar-refractivity contribution is -0.137. The van der Waals surface area contributed by atoms with E-state index in [1.165, 1.54) is 56.0 Å². The van der Waals surface area contributed by atoms with Gasteiger partial charge in [0.1, 0.15) is 12.4 Å². The van der Waals surface area contributed by atoms with Gasteiger partial charge in [0.15, 0.2) is 0 Å². The number of likely N-dealkylation sites (N-methyl/N-ethyl adjacent to an activating group) is 2. The summed E-state index contributed by atoms with van der Waals surface area (Å²) in [4.78, 5) is 17.6. The van der Waals surface area contributed by atoms with E-state index in [4.69, 9.17) is 9.47 Å². The summed E-state index contributed by atoms with van der Waals surface area (Å²) in [5.41, 5.74) is 1.28. The third-order valence-corrected chi connectivity index (χ3v) is 10.2. The third-order valence-electron chi connectivity index (χ3n) is 8.08. The van der Waals surface area contributed by atoms with Crippen LogP contribution >= 0.6 is 0 Å². The Bertz CT molecular complexity index is 971. The standard InChI is InChI=1S/C28H47N3O5S/c1-22-18-26(35-5)19-23(2)28(22)37(33,34)29(3)16-17-36-21-27(32)30(4)25-11-7-6-10-24(12-13-25)20-31-14-8-9-15-31/h18-19,24-25H,6-17,20-21H2,1-5H3. The summed E-state index contributed by atoms with van der Waals surface area (Å²) >= 11 is 0.